The zero-order valence-electron chi connectivity index (χ0n) is 14.9. The molecule has 2 aliphatic rings. The fourth-order valence-corrected chi connectivity index (χ4v) is 3.69. The van der Waals surface area contributed by atoms with Crippen LogP contribution in [0.25, 0.3) is 0 Å². The minimum absolute atomic E-state index is 0.0345. The number of rotatable bonds is 6. The number of benzene rings is 1. The molecule has 0 saturated heterocycles. The van der Waals surface area contributed by atoms with Crippen LogP contribution >= 0.6 is 11.6 Å². The van der Waals surface area contributed by atoms with Crippen LogP contribution in [-0.2, 0) is 0 Å². The zero-order chi connectivity index (χ0) is 18.8. The summed E-state index contributed by atoms with van der Waals surface area (Å²) in [6, 6.07) is 6.73. The summed E-state index contributed by atoms with van der Waals surface area (Å²) in [6.07, 6.45) is 8.22. The fraction of sp³-hybridized carbons (Fsp3) is 0.474. The Morgan fingerprint density at radius 2 is 1.85 bits per heavy atom. The Morgan fingerprint density at radius 1 is 1.07 bits per heavy atom. The van der Waals surface area contributed by atoms with Gasteiger partial charge >= 0.3 is 0 Å². The number of anilines is 3. The van der Waals surface area contributed by atoms with Crippen molar-refractivity contribution >= 4 is 34.7 Å². The van der Waals surface area contributed by atoms with Crippen LogP contribution in [0.3, 0.4) is 0 Å². The number of nitrogens with one attached hydrogen (secondary N) is 2. The van der Waals surface area contributed by atoms with E-state index in [4.69, 9.17) is 11.6 Å². The van der Waals surface area contributed by atoms with Crippen LogP contribution in [0.5, 0.6) is 0 Å². The number of nitro benzene ring substituents is 1. The van der Waals surface area contributed by atoms with Crippen molar-refractivity contribution in [1.82, 2.24) is 9.97 Å². The minimum atomic E-state index is -0.428. The molecule has 0 bridgehead atoms. The van der Waals surface area contributed by atoms with Gasteiger partial charge in [0.25, 0.3) is 5.69 Å². The van der Waals surface area contributed by atoms with Gasteiger partial charge in [-0.2, -0.15) is 4.98 Å². The number of hydrogen-bond acceptors (Lipinski definition) is 6. The number of aromatic nitrogens is 2. The second kappa shape index (κ2) is 7.68. The van der Waals surface area contributed by atoms with Crippen molar-refractivity contribution in [3.05, 3.63) is 45.1 Å². The van der Waals surface area contributed by atoms with Gasteiger partial charge < -0.3 is 10.6 Å². The molecule has 0 amide bonds. The van der Waals surface area contributed by atoms with E-state index in [0.29, 0.717) is 34.4 Å². The SMILES string of the molecule is O=[N+]([O-])c1ccc(Cl)cc1Nc1cc(C2CC2)nc(NC2CCCCC2)n1. The van der Waals surface area contributed by atoms with Gasteiger partial charge in [-0.15, -0.1) is 0 Å². The Labute approximate surface area is 162 Å². The molecule has 2 saturated carbocycles. The van der Waals surface area contributed by atoms with Crippen LogP contribution in [-0.4, -0.2) is 20.9 Å². The number of halogens is 1. The van der Waals surface area contributed by atoms with Crippen LogP contribution in [0.1, 0.15) is 56.6 Å². The summed E-state index contributed by atoms with van der Waals surface area (Å²) in [5.41, 5.74) is 1.28. The maximum absolute atomic E-state index is 11.3. The Bertz CT molecular complexity index is 850. The molecule has 8 heteroatoms. The normalized spacial score (nSPS) is 17.5. The van der Waals surface area contributed by atoms with E-state index < -0.39 is 4.92 Å². The monoisotopic (exact) mass is 387 g/mol. The molecule has 142 valence electrons. The quantitative estimate of drug-likeness (QED) is 0.508. The smallest absolute Gasteiger partial charge is 0.292 e. The van der Waals surface area contributed by atoms with Crippen LogP contribution in [0.2, 0.25) is 5.02 Å². The van der Waals surface area contributed by atoms with Gasteiger partial charge in [-0.05, 0) is 37.8 Å². The molecule has 0 radical (unpaired) electrons. The van der Waals surface area contributed by atoms with Crippen LogP contribution < -0.4 is 10.6 Å². The Kier molecular flexibility index (Phi) is 5.11. The highest BCUT2D eigenvalue weighted by molar-refractivity contribution is 6.31. The molecule has 2 aliphatic carbocycles. The molecule has 0 atom stereocenters. The van der Waals surface area contributed by atoms with E-state index in [2.05, 4.69) is 20.6 Å². The van der Waals surface area contributed by atoms with Crippen LogP contribution in [0, 0.1) is 10.1 Å². The summed E-state index contributed by atoms with van der Waals surface area (Å²) in [4.78, 5) is 20.1. The lowest BCUT2D eigenvalue weighted by molar-refractivity contribution is -0.383. The predicted molar refractivity (Wildman–Crippen MR) is 106 cm³/mol. The standard InChI is InChI=1S/C19H22ClN5O2/c20-13-8-9-17(25(26)27)16(10-13)22-18-11-15(12-6-7-12)23-19(24-18)21-14-4-2-1-3-5-14/h8-12,14H,1-7H2,(H2,21,22,23,24). The summed E-state index contributed by atoms with van der Waals surface area (Å²) in [5, 5.41) is 18.3. The highest BCUT2D eigenvalue weighted by Gasteiger charge is 2.27. The van der Waals surface area contributed by atoms with E-state index in [1.807, 2.05) is 6.07 Å². The molecule has 27 heavy (non-hydrogen) atoms. The minimum Gasteiger partial charge on any atom is -0.351 e. The maximum Gasteiger partial charge on any atom is 0.292 e. The molecule has 1 aromatic carbocycles. The lowest BCUT2D eigenvalue weighted by Gasteiger charge is -2.23. The number of hydrogen-bond donors (Lipinski definition) is 2. The van der Waals surface area contributed by atoms with Crippen molar-refractivity contribution in [1.29, 1.82) is 0 Å². The molecular weight excluding hydrogens is 366 g/mol. The molecule has 0 unspecified atom stereocenters. The molecule has 2 aromatic rings. The third kappa shape index (κ3) is 4.47. The molecule has 7 nitrogen and oxygen atoms in total. The second-order valence-electron chi connectivity index (χ2n) is 7.30. The molecule has 0 aliphatic heterocycles. The first-order chi connectivity index (χ1) is 13.1. The molecule has 2 N–H and O–H groups in total. The van der Waals surface area contributed by atoms with Crippen LogP contribution in [0.15, 0.2) is 24.3 Å². The lowest BCUT2D eigenvalue weighted by atomic mass is 9.96. The van der Waals surface area contributed by atoms with Crippen molar-refractivity contribution in [3.63, 3.8) is 0 Å². The van der Waals surface area contributed by atoms with Gasteiger partial charge in [-0.25, -0.2) is 4.98 Å². The van der Waals surface area contributed by atoms with E-state index in [1.54, 1.807) is 6.07 Å². The maximum atomic E-state index is 11.3. The van der Waals surface area contributed by atoms with E-state index in [0.717, 1.165) is 31.4 Å². The highest BCUT2D eigenvalue weighted by Crippen LogP contribution is 2.40. The fourth-order valence-electron chi connectivity index (χ4n) is 3.52. The molecule has 1 heterocycles. The molecule has 2 fully saturated rings. The lowest BCUT2D eigenvalue weighted by Crippen LogP contribution is -2.23. The van der Waals surface area contributed by atoms with Crippen molar-refractivity contribution in [2.24, 2.45) is 0 Å². The van der Waals surface area contributed by atoms with Crippen molar-refractivity contribution in [3.8, 4) is 0 Å². The average Bonchev–Trinajstić information content (AvgIpc) is 3.47. The van der Waals surface area contributed by atoms with Crippen molar-refractivity contribution in [2.75, 3.05) is 10.6 Å². The van der Waals surface area contributed by atoms with Gasteiger partial charge in [0.2, 0.25) is 5.95 Å². The first-order valence-electron chi connectivity index (χ1n) is 9.45. The summed E-state index contributed by atoms with van der Waals surface area (Å²) in [7, 11) is 0. The topological polar surface area (TPSA) is 93.0 Å². The number of nitro groups is 1. The predicted octanol–water partition coefficient (Wildman–Crippen LogP) is 5.40. The first-order valence-corrected chi connectivity index (χ1v) is 9.83. The summed E-state index contributed by atoms with van der Waals surface area (Å²) in [6.45, 7) is 0. The summed E-state index contributed by atoms with van der Waals surface area (Å²) in [5.74, 6) is 1.60. The molecule has 4 rings (SSSR count). The zero-order valence-corrected chi connectivity index (χ0v) is 15.7. The van der Waals surface area contributed by atoms with E-state index in [1.165, 1.54) is 31.4 Å². The Hall–Kier alpha value is -2.41. The van der Waals surface area contributed by atoms with Gasteiger partial charge in [0, 0.05) is 29.1 Å². The van der Waals surface area contributed by atoms with Gasteiger partial charge in [-0.3, -0.25) is 10.1 Å². The first kappa shape index (κ1) is 18.0. The molecule has 0 spiro atoms. The van der Waals surface area contributed by atoms with E-state index >= 15 is 0 Å². The molecule has 1 aromatic heterocycles. The second-order valence-corrected chi connectivity index (χ2v) is 7.74. The summed E-state index contributed by atoms with van der Waals surface area (Å²) < 4.78 is 0. The highest BCUT2D eigenvalue weighted by atomic mass is 35.5. The Morgan fingerprint density at radius 3 is 2.56 bits per heavy atom. The van der Waals surface area contributed by atoms with E-state index in [-0.39, 0.29) is 5.69 Å². The summed E-state index contributed by atoms with van der Waals surface area (Å²) >= 11 is 6.03. The Balaban J connectivity index is 1.62. The third-order valence-corrected chi connectivity index (χ3v) is 5.33. The van der Waals surface area contributed by atoms with Crippen molar-refractivity contribution in [2.45, 2.75) is 56.9 Å². The van der Waals surface area contributed by atoms with Crippen LogP contribution in [0.4, 0.5) is 23.1 Å². The van der Waals surface area contributed by atoms with Gasteiger partial charge in [0.05, 0.1) is 10.6 Å². The molecular formula is C19H22ClN5O2. The van der Waals surface area contributed by atoms with Gasteiger partial charge in [-0.1, -0.05) is 30.9 Å². The third-order valence-electron chi connectivity index (χ3n) is 5.10. The largest absolute Gasteiger partial charge is 0.351 e. The van der Waals surface area contributed by atoms with Crippen molar-refractivity contribution < 1.29 is 4.92 Å². The van der Waals surface area contributed by atoms with Gasteiger partial charge in [0.1, 0.15) is 11.5 Å². The average molecular weight is 388 g/mol. The van der Waals surface area contributed by atoms with Gasteiger partial charge in [0.15, 0.2) is 0 Å². The number of nitrogens with zero attached hydrogens (tertiary/aromatic N) is 3. The van der Waals surface area contributed by atoms with E-state index in [9.17, 15) is 10.1 Å².